The van der Waals surface area contributed by atoms with E-state index < -0.39 is 5.97 Å². The molecule has 1 atom stereocenters. The molecule has 142 valence electrons. The molecule has 1 aromatic carbocycles. The number of hydrogen-bond donors (Lipinski definition) is 0. The highest BCUT2D eigenvalue weighted by Gasteiger charge is 2.43. The number of halogens is 1. The van der Waals surface area contributed by atoms with Crippen LogP contribution in [0.15, 0.2) is 6.07 Å². The molecule has 0 amide bonds. The van der Waals surface area contributed by atoms with Gasteiger partial charge in [-0.25, -0.2) is 4.79 Å². The number of carbonyl (C=O) groups excluding carboxylic acids is 1. The third kappa shape index (κ3) is 3.04. The number of carbonyl (C=O) groups is 1. The predicted molar refractivity (Wildman–Crippen MR) is 94.0 cm³/mol. The van der Waals surface area contributed by atoms with Gasteiger partial charge >= 0.3 is 5.97 Å². The zero-order chi connectivity index (χ0) is 18.3. The van der Waals surface area contributed by atoms with Gasteiger partial charge in [-0.05, 0) is 31.7 Å². The molecule has 2 aliphatic heterocycles. The molecule has 1 aromatic rings. The average Bonchev–Trinajstić information content (AvgIpc) is 3.12. The van der Waals surface area contributed by atoms with Crippen molar-refractivity contribution >= 4 is 17.6 Å². The number of ether oxygens (including phenoxy) is 5. The lowest BCUT2D eigenvalue weighted by molar-refractivity contribution is -0.187. The van der Waals surface area contributed by atoms with Crippen molar-refractivity contribution in [2.24, 2.45) is 5.92 Å². The summed E-state index contributed by atoms with van der Waals surface area (Å²) in [7, 11) is 1.35. The Balaban J connectivity index is 1.52. The van der Waals surface area contributed by atoms with E-state index in [9.17, 15) is 4.79 Å². The number of hydrogen-bond acceptors (Lipinski definition) is 6. The van der Waals surface area contributed by atoms with Crippen LogP contribution in [0.3, 0.4) is 0 Å². The highest BCUT2D eigenvalue weighted by atomic mass is 35.5. The monoisotopic (exact) mass is 382 g/mol. The average molecular weight is 383 g/mol. The van der Waals surface area contributed by atoms with Crippen LogP contribution < -0.4 is 9.47 Å². The normalized spacial score (nSPS) is 24.7. The number of rotatable bonds is 2. The third-order valence-corrected chi connectivity index (χ3v) is 5.92. The third-order valence-electron chi connectivity index (χ3n) is 5.64. The van der Waals surface area contributed by atoms with Crippen molar-refractivity contribution in [3.8, 4) is 11.5 Å². The van der Waals surface area contributed by atoms with Crippen LogP contribution in [0.25, 0.3) is 0 Å². The molecule has 1 saturated carbocycles. The van der Waals surface area contributed by atoms with E-state index in [0.29, 0.717) is 53.4 Å². The Labute approximate surface area is 157 Å². The van der Waals surface area contributed by atoms with E-state index in [2.05, 4.69) is 0 Å². The fourth-order valence-corrected chi connectivity index (χ4v) is 4.37. The van der Waals surface area contributed by atoms with Gasteiger partial charge < -0.3 is 23.7 Å². The van der Waals surface area contributed by atoms with Gasteiger partial charge in [-0.3, -0.25) is 0 Å². The SMILES string of the molecule is COC(=O)c1cc(Cl)c2c(c1C)OC(C1CCC3(CC1)OCCO3)CO2. The summed E-state index contributed by atoms with van der Waals surface area (Å²) >= 11 is 6.29. The van der Waals surface area contributed by atoms with Crippen molar-refractivity contribution in [3.63, 3.8) is 0 Å². The molecule has 1 saturated heterocycles. The van der Waals surface area contributed by atoms with Gasteiger partial charge in [0.2, 0.25) is 0 Å². The summed E-state index contributed by atoms with van der Waals surface area (Å²) in [4.78, 5) is 12.0. The van der Waals surface area contributed by atoms with E-state index in [-0.39, 0.29) is 11.9 Å². The summed E-state index contributed by atoms with van der Waals surface area (Å²) < 4.78 is 28.6. The number of benzene rings is 1. The van der Waals surface area contributed by atoms with Gasteiger partial charge in [0.25, 0.3) is 0 Å². The second-order valence-electron chi connectivity index (χ2n) is 7.09. The zero-order valence-corrected chi connectivity index (χ0v) is 15.8. The number of esters is 1. The number of fused-ring (bicyclic) bond motifs is 1. The molecular formula is C19H23ClO6. The molecule has 0 aromatic heterocycles. The fraction of sp³-hybridized carbons (Fsp3) is 0.632. The maximum Gasteiger partial charge on any atom is 0.338 e. The van der Waals surface area contributed by atoms with Crippen LogP contribution in [0.1, 0.15) is 41.6 Å². The lowest BCUT2D eigenvalue weighted by Crippen LogP contribution is -2.43. The lowest BCUT2D eigenvalue weighted by atomic mass is 9.81. The van der Waals surface area contributed by atoms with Crippen molar-refractivity contribution in [2.75, 3.05) is 26.9 Å². The van der Waals surface area contributed by atoms with Crippen LogP contribution in [-0.2, 0) is 14.2 Å². The minimum atomic E-state index is -0.437. The van der Waals surface area contributed by atoms with E-state index in [0.717, 1.165) is 25.7 Å². The van der Waals surface area contributed by atoms with Gasteiger partial charge in [-0.2, -0.15) is 0 Å². The van der Waals surface area contributed by atoms with Crippen LogP contribution >= 0.6 is 11.6 Å². The van der Waals surface area contributed by atoms with E-state index >= 15 is 0 Å². The highest BCUT2D eigenvalue weighted by molar-refractivity contribution is 6.32. The first-order chi connectivity index (χ1) is 12.5. The molecule has 1 aliphatic carbocycles. The summed E-state index contributed by atoms with van der Waals surface area (Å²) in [6.07, 6.45) is 3.56. The molecule has 2 fully saturated rings. The molecular weight excluding hydrogens is 360 g/mol. The molecule has 1 spiro atoms. The Kier molecular flexibility index (Phi) is 4.75. The molecule has 7 heteroatoms. The molecule has 1 unspecified atom stereocenters. The minimum absolute atomic E-state index is 0.0797. The van der Waals surface area contributed by atoms with Crippen molar-refractivity contribution in [1.29, 1.82) is 0 Å². The lowest BCUT2D eigenvalue weighted by Gasteiger charge is -2.40. The first-order valence-electron chi connectivity index (χ1n) is 9.02. The molecule has 2 heterocycles. The van der Waals surface area contributed by atoms with Crippen LogP contribution in [-0.4, -0.2) is 44.8 Å². The van der Waals surface area contributed by atoms with E-state index in [1.54, 1.807) is 6.07 Å². The van der Waals surface area contributed by atoms with E-state index in [1.807, 2.05) is 6.92 Å². The van der Waals surface area contributed by atoms with Crippen molar-refractivity contribution < 1.29 is 28.5 Å². The summed E-state index contributed by atoms with van der Waals surface area (Å²) in [5, 5.41) is 0.361. The van der Waals surface area contributed by atoms with E-state index in [1.165, 1.54) is 7.11 Å². The summed E-state index contributed by atoms with van der Waals surface area (Å²) in [5.41, 5.74) is 1.09. The van der Waals surface area contributed by atoms with Gasteiger partial charge in [-0.1, -0.05) is 11.6 Å². The topological polar surface area (TPSA) is 63.2 Å². The van der Waals surface area contributed by atoms with Gasteiger partial charge in [0.1, 0.15) is 12.7 Å². The largest absolute Gasteiger partial charge is 0.484 e. The predicted octanol–water partition coefficient (Wildman–Crippen LogP) is 3.51. The molecule has 4 rings (SSSR count). The first-order valence-corrected chi connectivity index (χ1v) is 9.39. The molecule has 6 nitrogen and oxygen atoms in total. The van der Waals surface area contributed by atoms with Gasteiger partial charge in [-0.15, -0.1) is 0 Å². The molecule has 0 radical (unpaired) electrons. The molecule has 3 aliphatic rings. The maximum atomic E-state index is 12.0. The quantitative estimate of drug-likeness (QED) is 0.729. The Morgan fingerprint density at radius 2 is 1.92 bits per heavy atom. The maximum absolute atomic E-state index is 12.0. The molecule has 0 bridgehead atoms. The zero-order valence-electron chi connectivity index (χ0n) is 15.0. The summed E-state index contributed by atoms with van der Waals surface area (Å²) in [5.74, 6) is 0.571. The smallest absolute Gasteiger partial charge is 0.338 e. The Morgan fingerprint density at radius 1 is 1.23 bits per heavy atom. The number of methoxy groups -OCH3 is 1. The van der Waals surface area contributed by atoms with Crippen molar-refractivity contribution in [2.45, 2.75) is 44.5 Å². The van der Waals surface area contributed by atoms with Crippen LogP contribution in [0.2, 0.25) is 5.02 Å². The Morgan fingerprint density at radius 3 is 2.58 bits per heavy atom. The Hall–Kier alpha value is -1.50. The van der Waals surface area contributed by atoms with Crippen LogP contribution in [0.5, 0.6) is 11.5 Å². The summed E-state index contributed by atoms with van der Waals surface area (Å²) in [6, 6.07) is 1.57. The fourth-order valence-electron chi connectivity index (χ4n) is 4.12. The van der Waals surface area contributed by atoms with Crippen molar-refractivity contribution in [1.82, 2.24) is 0 Å². The molecule has 26 heavy (non-hydrogen) atoms. The van der Waals surface area contributed by atoms with Gasteiger partial charge in [0.15, 0.2) is 17.3 Å². The van der Waals surface area contributed by atoms with Crippen LogP contribution in [0, 0.1) is 12.8 Å². The minimum Gasteiger partial charge on any atom is -0.484 e. The standard InChI is InChI=1S/C19H23ClO6/c1-11-13(18(21)22-2)9-14(20)17-16(11)26-15(10-23-17)12-3-5-19(6-4-12)24-7-8-25-19/h9,12,15H,3-8,10H2,1-2H3. The Bertz CT molecular complexity index is 702. The second-order valence-corrected chi connectivity index (χ2v) is 7.50. The van der Waals surface area contributed by atoms with Gasteiger partial charge in [0.05, 0.1) is 30.9 Å². The first kappa shape index (κ1) is 17.9. The second kappa shape index (κ2) is 6.91. The highest BCUT2D eigenvalue weighted by Crippen LogP contribution is 2.46. The van der Waals surface area contributed by atoms with Crippen LogP contribution in [0.4, 0.5) is 0 Å². The van der Waals surface area contributed by atoms with Gasteiger partial charge in [0, 0.05) is 18.4 Å². The molecule has 0 N–H and O–H groups in total. The summed E-state index contributed by atoms with van der Waals surface area (Å²) in [6.45, 7) is 3.62. The van der Waals surface area contributed by atoms with Crippen molar-refractivity contribution in [3.05, 3.63) is 22.2 Å². The van der Waals surface area contributed by atoms with E-state index in [4.69, 9.17) is 35.3 Å².